The van der Waals surface area contributed by atoms with Crippen LogP contribution >= 0.6 is 0 Å². The number of rotatable bonds is 6. The first-order chi connectivity index (χ1) is 10.9. The second-order valence-corrected chi connectivity index (χ2v) is 12.6. The number of hydrogen-bond acceptors (Lipinski definition) is 5. The van der Waals surface area contributed by atoms with E-state index in [-0.39, 0.29) is 16.4 Å². The summed E-state index contributed by atoms with van der Waals surface area (Å²) in [6, 6.07) is 6.36. The zero-order valence-corrected chi connectivity index (χ0v) is 17.4. The highest BCUT2D eigenvalue weighted by Crippen LogP contribution is 2.15. The summed E-state index contributed by atoms with van der Waals surface area (Å²) in [5, 5.41) is 0. The van der Waals surface area contributed by atoms with Gasteiger partial charge in [-0.25, -0.2) is 8.42 Å². The molecule has 9 heteroatoms. The number of sulfonamides is 1. The van der Waals surface area contributed by atoms with E-state index in [1.165, 1.54) is 12.1 Å². The van der Waals surface area contributed by atoms with Gasteiger partial charge in [0.15, 0.2) is 0 Å². The quantitative estimate of drug-likeness (QED) is 0.796. The molecule has 0 saturated carbocycles. The Morgan fingerprint density at radius 3 is 1.54 bits per heavy atom. The van der Waals surface area contributed by atoms with Crippen LogP contribution in [0.3, 0.4) is 0 Å². The van der Waals surface area contributed by atoms with Crippen LogP contribution in [-0.4, -0.2) is 39.8 Å². The number of nitrogens with one attached hydrogen (secondary N) is 1. The monoisotopic (exact) mass is 396 g/mol. The van der Waals surface area contributed by atoms with Crippen LogP contribution < -0.4 is 0 Å². The van der Waals surface area contributed by atoms with Crippen molar-refractivity contribution in [2.24, 2.45) is 3.77 Å². The summed E-state index contributed by atoms with van der Waals surface area (Å²) in [5.41, 5.74) is 0.968. The van der Waals surface area contributed by atoms with Crippen molar-refractivity contribution in [3.63, 3.8) is 0 Å². The Hall–Kier alpha value is -0.930. The minimum atomic E-state index is -3.81. The Labute approximate surface area is 147 Å². The lowest BCUT2D eigenvalue weighted by Gasteiger charge is -2.05. The molecular formula is C15H28N2O4S3. The Morgan fingerprint density at radius 1 is 0.833 bits per heavy atom. The molecule has 0 unspecified atom stereocenters. The Balaban J connectivity index is 0.000000640. The molecule has 1 N–H and O–H groups in total. The second kappa shape index (κ2) is 9.53. The van der Waals surface area contributed by atoms with Gasteiger partial charge in [-0.15, -0.1) is 3.77 Å². The van der Waals surface area contributed by atoms with E-state index in [9.17, 15) is 16.8 Å². The fourth-order valence-electron chi connectivity index (χ4n) is 1.45. The zero-order chi connectivity index (χ0) is 19.0. The standard InChI is InChI=1S/C11H17NO3S2.C4H11NOS/c1-4-16(13,5-2)12-17(14,15)11-8-6-10(3)7-9-11;1-3-7(5,6)4-2/h6-9H,4-5H2,1-3H3;5H,3-4H2,1-2H3. The Morgan fingerprint density at radius 2 is 1.25 bits per heavy atom. The SMILES string of the molecule is CCS(=N)(=O)CC.CCS(=O)(CC)=NS(=O)(=O)c1ccc(C)cc1. The maximum absolute atomic E-state index is 12.0. The molecule has 1 aromatic rings. The van der Waals surface area contributed by atoms with Gasteiger partial charge in [-0.1, -0.05) is 45.4 Å². The summed E-state index contributed by atoms with van der Waals surface area (Å²) < 4.78 is 57.0. The summed E-state index contributed by atoms with van der Waals surface area (Å²) in [4.78, 5) is 0.0951. The summed E-state index contributed by atoms with van der Waals surface area (Å²) in [6.07, 6.45) is 0. The summed E-state index contributed by atoms with van der Waals surface area (Å²) >= 11 is 0. The highest BCUT2D eigenvalue weighted by Gasteiger charge is 2.16. The first-order valence-corrected chi connectivity index (χ1v) is 12.9. The number of hydrogen-bond donors (Lipinski definition) is 1. The van der Waals surface area contributed by atoms with E-state index in [1.807, 2.05) is 6.92 Å². The van der Waals surface area contributed by atoms with Gasteiger partial charge in [0.2, 0.25) is 0 Å². The molecule has 0 heterocycles. The average Bonchev–Trinajstić information content (AvgIpc) is 2.55. The van der Waals surface area contributed by atoms with Crippen LogP contribution in [0.5, 0.6) is 0 Å². The molecule has 0 fully saturated rings. The van der Waals surface area contributed by atoms with E-state index in [0.717, 1.165) is 5.56 Å². The van der Waals surface area contributed by atoms with Gasteiger partial charge in [0.05, 0.1) is 14.6 Å². The second-order valence-electron chi connectivity index (χ2n) is 5.10. The van der Waals surface area contributed by atoms with Crippen molar-refractivity contribution in [2.75, 3.05) is 23.0 Å². The highest BCUT2D eigenvalue weighted by molar-refractivity contribution is 8.03. The fourth-order valence-corrected chi connectivity index (χ4v) is 5.36. The molecule has 0 spiro atoms. The van der Waals surface area contributed by atoms with Crippen molar-refractivity contribution in [1.82, 2.24) is 0 Å². The lowest BCUT2D eigenvalue weighted by molar-refractivity contribution is 0.598. The van der Waals surface area contributed by atoms with Crippen molar-refractivity contribution < 1.29 is 16.8 Å². The van der Waals surface area contributed by atoms with E-state index >= 15 is 0 Å². The number of nitrogens with zero attached hydrogens (tertiary/aromatic N) is 1. The van der Waals surface area contributed by atoms with Gasteiger partial charge in [-0.2, -0.15) is 8.42 Å². The molecule has 1 aromatic carbocycles. The molecule has 6 nitrogen and oxygen atoms in total. The molecule has 0 aromatic heterocycles. The third-order valence-corrected chi connectivity index (χ3v) is 9.80. The predicted molar refractivity (Wildman–Crippen MR) is 102 cm³/mol. The van der Waals surface area contributed by atoms with Crippen LogP contribution in [-0.2, 0) is 29.5 Å². The third kappa shape index (κ3) is 7.76. The Kier molecular flexibility index (Phi) is 9.16. The molecule has 0 aliphatic heterocycles. The molecule has 0 aliphatic carbocycles. The van der Waals surface area contributed by atoms with Crippen LogP contribution in [0.2, 0.25) is 0 Å². The van der Waals surface area contributed by atoms with Crippen molar-refractivity contribution in [3.05, 3.63) is 29.8 Å². The highest BCUT2D eigenvalue weighted by atomic mass is 32.3. The van der Waals surface area contributed by atoms with Crippen molar-refractivity contribution in [2.45, 2.75) is 39.5 Å². The van der Waals surface area contributed by atoms with Crippen LogP contribution in [0, 0.1) is 11.7 Å². The number of benzene rings is 1. The van der Waals surface area contributed by atoms with Crippen LogP contribution in [0.4, 0.5) is 0 Å². The molecule has 24 heavy (non-hydrogen) atoms. The molecule has 0 bridgehead atoms. The third-order valence-electron chi connectivity index (χ3n) is 3.39. The Bertz CT molecular complexity index is 813. The summed E-state index contributed by atoms with van der Waals surface area (Å²) in [6.45, 7) is 8.78. The van der Waals surface area contributed by atoms with E-state index in [1.54, 1.807) is 39.8 Å². The average molecular weight is 397 g/mol. The minimum absolute atomic E-state index is 0.0951. The maximum atomic E-state index is 12.0. The lowest BCUT2D eigenvalue weighted by atomic mass is 10.2. The summed E-state index contributed by atoms with van der Waals surface area (Å²) in [5.74, 6) is 1.47. The lowest BCUT2D eigenvalue weighted by Crippen LogP contribution is -2.10. The molecular weight excluding hydrogens is 368 g/mol. The summed E-state index contributed by atoms with van der Waals surface area (Å²) in [7, 11) is -8.61. The van der Waals surface area contributed by atoms with Gasteiger partial charge in [0.25, 0.3) is 10.0 Å². The molecule has 0 saturated heterocycles. The van der Waals surface area contributed by atoms with Crippen molar-refractivity contribution in [3.8, 4) is 0 Å². The van der Waals surface area contributed by atoms with Gasteiger partial charge in [-0.3, -0.25) is 4.78 Å². The van der Waals surface area contributed by atoms with E-state index in [0.29, 0.717) is 11.5 Å². The van der Waals surface area contributed by atoms with Gasteiger partial charge in [-0.05, 0) is 19.1 Å². The molecule has 140 valence electrons. The molecule has 0 atom stereocenters. The number of aryl methyl sites for hydroxylation is 1. The molecule has 1 rings (SSSR count). The van der Waals surface area contributed by atoms with Crippen LogP contribution in [0.1, 0.15) is 33.3 Å². The van der Waals surface area contributed by atoms with Gasteiger partial charge in [0, 0.05) is 32.7 Å². The molecule has 0 radical (unpaired) electrons. The largest absolute Gasteiger partial charge is 0.290 e. The van der Waals surface area contributed by atoms with Gasteiger partial charge < -0.3 is 0 Å². The minimum Gasteiger partial charge on any atom is -0.253 e. The molecule has 0 amide bonds. The topological polar surface area (TPSA) is 104 Å². The van der Waals surface area contributed by atoms with Gasteiger partial charge >= 0.3 is 0 Å². The van der Waals surface area contributed by atoms with Gasteiger partial charge in [0.1, 0.15) is 0 Å². The van der Waals surface area contributed by atoms with E-state index in [2.05, 4.69) is 3.77 Å². The maximum Gasteiger partial charge on any atom is 0.290 e. The molecule has 0 aliphatic rings. The van der Waals surface area contributed by atoms with Crippen LogP contribution in [0.25, 0.3) is 0 Å². The van der Waals surface area contributed by atoms with Crippen molar-refractivity contribution in [1.29, 1.82) is 4.78 Å². The van der Waals surface area contributed by atoms with Crippen molar-refractivity contribution >= 4 is 29.5 Å². The van der Waals surface area contributed by atoms with E-state index < -0.39 is 29.5 Å². The van der Waals surface area contributed by atoms with E-state index in [4.69, 9.17) is 4.78 Å². The zero-order valence-electron chi connectivity index (χ0n) is 14.9. The normalized spacial score (nSPS) is 12.2. The fraction of sp³-hybridized carbons (Fsp3) is 0.600. The first-order valence-electron chi connectivity index (χ1n) is 7.74. The van der Waals surface area contributed by atoms with Crippen LogP contribution in [0.15, 0.2) is 32.9 Å². The smallest absolute Gasteiger partial charge is 0.253 e. The predicted octanol–water partition coefficient (Wildman–Crippen LogP) is 3.26. The first kappa shape index (κ1) is 23.1.